The van der Waals surface area contributed by atoms with Crippen molar-refractivity contribution >= 4 is 17.3 Å². The molecule has 1 aromatic heterocycles. The smallest absolute Gasteiger partial charge is 0.129 e. The summed E-state index contributed by atoms with van der Waals surface area (Å²) in [6.07, 6.45) is 6.30. The lowest BCUT2D eigenvalue weighted by molar-refractivity contribution is 0.0000225. The van der Waals surface area contributed by atoms with Crippen molar-refractivity contribution in [2.45, 2.75) is 37.7 Å². The number of aromatic nitrogens is 1. The van der Waals surface area contributed by atoms with Gasteiger partial charge < -0.3 is 10.8 Å². The average Bonchev–Trinajstić information content (AvgIpc) is 2.23. The number of hydrogen-bond donors (Lipinski definition) is 2. The van der Waals surface area contributed by atoms with Crippen molar-refractivity contribution in [3.05, 3.63) is 23.0 Å². The van der Waals surface area contributed by atoms with Crippen LogP contribution in [0.25, 0.3) is 0 Å². The fourth-order valence-corrected chi connectivity index (χ4v) is 2.41. The topological polar surface area (TPSA) is 59.1 Å². The fraction of sp³-hybridized carbons (Fsp3) is 0.545. The van der Waals surface area contributed by atoms with Crippen LogP contribution in [0.3, 0.4) is 0 Å². The predicted molar refractivity (Wildman–Crippen MR) is 60.6 cm³/mol. The van der Waals surface area contributed by atoms with Crippen LogP contribution in [0, 0.1) is 0 Å². The maximum Gasteiger partial charge on any atom is 0.129 e. The Bertz CT molecular complexity index is 362. The zero-order chi connectivity index (χ0) is 10.9. The Morgan fingerprint density at radius 3 is 2.67 bits per heavy atom. The molecule has 0 amide bonds. The Kier molecular flexibility index (Phi) is 2.85. The van der Waals surface area contributed by atoms with Crippen LogP contribution in [-0.4, -0.2) is 10.1 Å². The van der Waals surface area contributed by atoms with E-state index in [0.29, 0.717) is 10.8 Å². The summed E-state index contributed by atoms with van der Waals surface area (Å²) in [5.74, 6) is 0. The molecule has 0 bridgehead atoms. The Morgan fingerprint density at radius 2 is 2.00 bits per heavy atom. The van der Waals surface area contributed by atoms with Crippen LogP contribution < -0.4 is 5.73 Å². The standard InChI is InChI=1S/C11H15ClN2O/c12-10-6-8(9(13)7-14-10)11(15)4-2-1-3-5-11/h6-7,15H,1-5,13H2. The van der Waals surface area contributed by atoms with Crippen molar-refractivity contribution in [1.82, 2.24) is 4.98 Å². The summed E-state index contributed by atoms with van der Waals surface area (Å²) in [6, 6.07) is 1.68. The minimum atomic E-state index is -0.797. The first-order valence-corrected chi connectivity index (χ1v) is 5.63. The van der Waals surface area contributed by atoms with Crippen LogP contribution in [-0.2, 0) is 5.60 Å². The molecule has 0 unspecified atom stereocenters. The first kappa shape index (κ1) is 10.7. The number of aliphatic hydroxyl groups is 1. The highest BCUT2D eigenvalue weighted by atomic mass is 35.5. The molecule has 1 heterocycles. The first-order chi connectivity index (χ1) is 7.12. The van der Waals surface area contributed by atoms with E-state index in [1.54, 1.807) is 6.07 Å². The Morgan fingerprint density at radius 1 is 1.33 bits per heavy atom. The van der Waals surface area contributed by atoms with Crippen molar-refractivity contribution in [3.8, 4) is 0 Å². The second kappa shape index (κ2) is 3.99. The van der Waals surface area contributed by atoms with Crippen LogP contribution in [0.4, 0.5) is 5.69 Å². The van der Waals surface area contributed by atoms with Crippen LogP contribution in [0.1, 0.15) is 37.7 Å². The third-order valence-electron chi connectivity index (χ3n) is 3.08. The summed E-state index contributed by atoms with van der Waals surface area (Å²) in [7, 11) is 0. The van der Waals surface area contributed by atoms with E-state index < -0.39 is 5.60 Å². The number of rotatable bonds is 1. The molecule has 2 rings (SSSR count). The van der Waals surface area contributed by atoms with Crippen LogP contribution in [0.2, 0.25) is 5.15 Å². The molecule has 1 aliphatic rings. The van der Waals surface area contributed by atoms with Gasteiger partial charge in [0.2, 0.25) is 0 Å². The number of halogens is 1. The number of hydrogen-bond acceptors (Lipinski definition) is 3. The maximum absolute atomic E-state index is 10.5. The largest absolute Gasteiger partial charge is 0.397 e. The van der Waals surface area contributed by atoms with Crippen molar-refractivity contribution in [2.75, 3.05) is 5.73 Å². The molecule has 82 valence electrons. The molecule has 1 aliphatic carbocycles. The van der Waals surface area contributed by atoms with Gasteiger partial charge in [-0.1, -0.05) is 30.9 Å². The molecule has 1 aromatic rings. The van der Waals surface area contributed by atoms with Crippen LogP contribution >= 0.6 is 11.6 Å². The van der Waals surface area contributed by atoms with Crippen molar-refractivity contribution in [2.24, 2.45) is 0 Å². The van der Waals surface area contributed by atoms with Gasteiger partial charge in [0, 0.05) is 5.56 Å². The Balaban J connectivity index is 2.38. The SMILES string of the molecule is Nc1cnc(Cl)cc1C1(O)CCCCC1. The summed E-state index contributed by atoms with van der Waals surface area (Å²) in [4.78, 5) is 3.89. The molecule has 0 radical (unpaired) electrons. The molecule has 3 N–H and O–H groups in total. The van der Waals surface area contributed by atoms with Gasteiger partial charge in [-0.3, -0.25) is 0 Å². The van der Waals surface area contributed by atoms with Gasteiger partial charge in [0.1, 0.15) is 5.15 Å². The van der Waals surface area contributed by atoms with E-state index in [1.807, 2.05) is 0 Å². The third kappa shape index (κ3) is 2.08. The molecule has 0 aliphatic heterocycles. The minimum Gasteiger partial charge on any atom is -0.397 e. The number of pyridine rings is 1. The monoisotopic (exact) mass is 226 g/mol. The highest BCUT2D eigenvalue weighted by Crippen LogP contribution is 2.39. The molecule has 0 spiro atoms. The molecule has 15 heavy (non-hydrogen) atoms. The van der Waals surface area contributed by atoms with Gasteiger partial charge in [-0.2, -0.15) is 0 Å². The summed E-state index contributed by atoms with van der Waals surface area (Å²) in [6.45, 7) is 0. The van der Waals surface area contributed by atoms with Crippen molar-refractivity contribution < 1.29 is 5.11 Å². The summed E-state index contributed by atoms with van der Waals surface area (Å²) >= 11 is 5.82. The minimum absolute atomic E-state index is 0.387. The van der Waals surface area contributed by atoms with Gasteiger partial charge in [-0.15, -0.1) is 0 Å². The Labute approximate surface area is 94.3 Å². The fourth-order valence-electron chi connectivity index (χ4n) is 2.25. The van der Waals surface area contributed by atoms with E-state index in [9.17, 15) is 5.11 Å². The Hall–Kier alpha value is -0.800. The number of nitrogen functional groups attached to an aromatic ring is 1. The van der Waals surface area contributed by atoms with Crippen LogP contribution in [0.15, 0.2) is 12.3 Å². The van der Waals surface area contributed by atoms with Gasteiger partial charge in [-0.25, -0.2) is 4.98 Å². The molecular formula is C11H15ClN2O. The van der Waals surface area contributed by atoms with Crippen molar-refractivity contribution in [3.63, 3.8) is 0 Å². The average molecular weight is 227 g/mol. The summed E-state index contributed by atoms with van der Waals surface area (Å²) in [5, 5.41) is 10.9. The van der Waals surface area contributed by atoms with Gasteiger partial charge in [0.25, 0.3) is 0 Å². The number of nitrogens with zero attached hydrogens (tertiary/aromatic N) is 1. The predicted octanol–water partition coefficient (Wildman–Crippen LogP) is 2.47. The third-order valence-corrected chi connectivity index (χ3v) is 3.29. The number of nitrogens with two attached hydrogens (primary N) is 1. The van der Waals surface area contributed by atoms with Crippen LogP contribution in [0.5, 0.6) is 0 Å². The summed E-state index contributed by atoms with van der Waals surface area (Å²) < 4.78 is 0. The molecule has 0 aromatic carbocycles. The van der Waals surface area contributed by atoms with Gasteiger partial charge >= 0.3 is 0 Å². The lowest BCUT2D eigenvalue weighted by atomic mass is 9.79. The molecule has 1 fully saturated rings. The second-order valence-corrected chi connectivity index (χ2v) is 4.57. The zero-order valence-electron chi connectivity index (χ0n) is 8.54. The van der Waals surface area contributed by atoms with E-state index in [2.05, 4.69) is 4.98 Å². The lowest BCUT2D eigenvalue weighted by Crippen LogP contribution is -2.29. The normalized spacial score (nSPS) is 20.1. The molecule has 0 atom stereocenters. The maximum atomic E-state index is 10.5. The quantitative estimate of drug-likeness (QED) is 0.724. The molecule has 4 heteroatoms. The van der Waals surface area contributed by atoms with E-state index in [0.717, 1.165) is 31.2 Å². The van der Waals surface area contributed by atoms with Gasteiger partial charge in [-0.05, 0) is 18.9 Å². The molecule has 0 saturated heterocycles. The van der Waals surface area contributed by atoms with Crippen molar-refractivity contribution in [1.29, 1.82) is 0 Å². The molecule has 3 nitrogen and oxygen atoms in total. The van der Waals surface area contributed by atoms with Gasteiger partial charge in [0.15, 0.2) is 0 Å². The summed E-state index contributed by atoms with van der Waals surface area (Å²) in [5.41, 5.74) is 6.30. The first-order valence-electron chi connectivity index (χ1n) is 5.26. The zero-order valence-corrected chi connectivity index (χ0v) is 9.30. The van der Waals surface area contributed by atoms with Gasteiger partial charge in [0.05, 0.1) is 17.5 Å². The van der Waals surface area contributed by atoms with E-state index in [-0.39, 0.29) is 0 Å². The molecule has 1 saturated carbocycles. The second-order valence-electron chi connectivity index (χ2n) is 4.19. The van der Waals surface area contributed by atoms with E-state index >= 15 is 0 Å². The van der Waals surface area contributed by atoms with E-state index in [1.165, 1.54) is 12.6 Å². The lowest BCUT2D eigenvalue weighted by Gasteiger charge is -2.33. The van der Waals surface area contributed by atoms with E-state index in [4.69, 9.17) is 17.3 Å². The highest BCUT2D eigenvalue weighted by Gasteiger charge is 2.33. The number of anilines is 1. The highest BCUT2D eigenvalue weighted by molar-refractivity contribution is 6.29. The molecular weight excluding hydrogens is 212 g/mol.